The molecule has 2 aromatic heterocycles. The van der Waals surface area contributed by atoms with Gasteiger partial charge in [0.25, 0.3) is 0 Å². The molecule has 0 unspecified atom stereocenters. The lowest BCUT2D eigenvalue weighted by Gasteiger charge is -2.05. The van der Waals surface area contributed by atoms with E-state index in [9.17, 15) is 9.59 Å². The lowest BCUT2D eigenvalue weighted by Crippen LogP contribution is -2.12. The number of hydrogen-bond acceptors (Lipinski definition) is 7. The van der Waals surface area contributed by atoms with Gasteiger partial charge in [0.15, 0.2) is 18.2 Å². The lowest BCUT2D eigenvalue weighted by molar-refractivity contribution is -0.145. The Bertz CT molecular complexity index is 665. The Hall–Kier alpha value is -2.09. The normalized spacial score (nSPS) is 10.7. The molecule has 23 heavy (non-hydrogen) atoms. The molecule has 0 spiro atoms. The van der Waals surface area contributed by atoms with Gasteiger partial charge < -0.3 is 4.74 Å². The molecule has 0 aliphatic carbocycles. The van der Waals surface area contributed by atoms with Gasteiger partial charge in [0.1, 0.15) is 0 Å². The SMILES string of the molecule is CCCCn1nnnc1COC(=O)CCC(=O)c1ccc(C)s1. The minimum atomic E-state index is -0.420. The Kier molecular flexibility index (Phi) is 6.40. The molecule has 7 nitrogen and oxygen atoms in total. The van der Waals surface area contributed by atoms with E-state index in [1.54, 1.807) is 10.7 Å². The Morgan fingerprint density at radius 2 is 2.13 bits per heavy atom. The molecule has 2 aromatic rings. The first-order chi connectivity index (χ1) is 11.1. The van der Waals surface area contributed by atoms with Gasteiger partial charge in [-0.3, -0.25) is 9.59 Å². The van der Waals surface area contributed by atoms with Crippen LogP contribution in [0.25, 0.3) is 0 Å². The third-order valence-corrected chi connectivity index (χ3v) is 4.30. The van der Waals surface area contributed by atoms with Crippen LogP contribution in [0.3, 0.4) is 0 Å². The molecule has 0 radical (unpaired) electrons. The van der Waals surface area contributed by atoms with E-state index in [1.165, 1.54) is 11.3 Å². The van der Waals surface area contributed by atoms with E-state index in [0.717, 1.165) is 17.7 Å². The standard InChI is InChI=1S/C15H20N4O3S/c1-3-4-9-19-14(16-17-18-19)10-22-15(21)8-6-12(20)13-7-5-11(2)23-13/h5,7H,3-4,6,8-10H2,1-2H3. The van der Waals surface area contributed by atoms with Crippen molar-refractivity contribution >= 4 is 23.1 Å². The average Bonchev–Trinajstić information content (AvgIpc) is 3.17. The maximum atomic E-state index is 11.9. The van der Waals surface area contributed by atoms with Crippen LogP contribution < -0.4 is 0 Å². The summed E-state index contributed by atoms with van der Waals surface area (Å²) in [6.45, 7) is 4.75. The van der Waals surface area contributed by atoms with Crippen LogP contribution in [0.2, 0.25) is 0 Å². The second kappa shape index (κ2) is 8.52. The van der Waals surface area contributed by atoms with E-state index in [1.807, 2.05) is 13.0 Å². The predicted octanol–water partition coefficient (Wildman–Crippen LogP) is 2.55. The molecule has 0 saturated carbocycles. The highest BCUT2D eigenvalue weighted by molar-refractivity contribution is 7.14. The Labute approximate surface area is 138 Å². The number of nitrogens with zero attached hydrogens (tertiary/aromatic N) is 4. The van der Waals surface area contributed by atoms with Crippen molar-refractivity contribution < 1.29 is 14.3 Å². The smallest absolute Gasteiger partial charge is 0.306 e. The van der Waals surface area contributed by atoms with E-state index < -0.39 is 5.97 Å². The van der Waals surface area contributed by atoms with E-state index >= 15 is 0 Å². The van der Waals surface area contributed by atoms with Gasteiger partial charge in [0, 0.05) is 17.8 Å². The van der Waals surface area contributed by atoms with Crippen molar-refractivity contribution in [2.45, 2.75) is 52.7 Å². The fourth-order valence-electron chi connectivity index (χ4n) is 1.95. The van der Waals surface area contributed by atoms with Crippen molar-refractivity contribution in [2.24, 2.45) is 0 Å². The van der Waals surface area contributed by atoms with Crippen LogP contribution in [-0.2, 0) is 22.7 Å². The van der Waals surface area contributed by atoms with E-state index in [4.69, 9.17) is 4.74 Å². The van der Waals surface area contributed by atoms with Crippen LogP contribution in [0.4, 0.5) is 0 Å². The number of thiophene rings is 1. The number of Topliss-reactive ketones (excluding diaryl/α,β-unsaturated/α-hetero) is 1. The second-order valence-electron chi connectivity index (χ2n) is 5.17. The van der Waals surface area contributed by atoms with Gasteiger partial charge in [0.2, 0.25) is 0 Å². The summed E-state index contributed by atoms with van der Waals surface area (Å²) < 4.78 is 6.78. The van der Waals surface area contributed by atoms with Crippen LogP contribution >= 0.6 is 11.3 Å². The number of aromatic nitrogens is 4. The second-order valence-corrected chi connectivity index (χ2v) is 6.45. The van der Waals surface area contributed by atoms with Gasteiger partial charge in [-0.15, -0.1) is 16.4 Å². The van der Waals surface area contributed by atoms with Crippen LogP contribution in [0.5, 0.6) is 0 Å². The zero-order valence-electron chi connectivity index (χ0n) is 13.3. The fraction of sp³-hybridized carbons (Fsp3) is 0.533. The molecule has 2 heterocycles. The molecule has 0 aliphatic heterocycles. The molecular weight excluding hydrogens is 316 g/mol. The van der Waals surface area contributed by atoms with Gasteiger partial charge >= 0.3 is 5.97 Å². The molecule has 0 bridgehead atoms. The van der Waals surface area contributed by atoms with Crippen LogP contribution in [0.15, 0.2) is 12.1 Å². The van der Waals surface area contributed by atoms with Crippen LogP contribution in [-0.4, -0.2) is 32.0 Å². The third kappa shape index (κ3) is 5.24. The van der Waals surface area contributed by atoms with Gasteiger partial charge in [-0.1, -0.05) is 13.3 Å². The first kappa shape index (κ1) is 17.3. The van der Waals surface area contributed by atoms with Gasteiger partial charge in [-0.05, 0) is 35.9 Å². The van der Waals surface area contributed by atoms with E-state index in [0.29, 0.717) is 17.2 Å². The zero-order chi connectivity index (χ0) is 16.7. The number of carbonyl (C=O) groups excluding carboxylic acids is 2. The third-order valence-electron chi connectivity index (χ3n) is 3.26. The molecule has 0 aromatic carbocycles. The molecular formula is C15H20N4O3S. The Morgan fingerprint density at radius 1 is 1.30 bits per heavy atom. The summed E-state index contributed by atoms with van der Waals surface area (Å²) in [4.78, 5) is 25.4. The van der Waals surface area contributed by atoms with Crippen molar-refractivity contribution in [3.8, 4) is 0 Å². The highest BCUT2D eigenvalue weighted by Gasteiger charge is 2.13. The summed E-state index contributed by atoms with van der Waals surface area (Å²) in [5.41, 5.74) is 0. The maximum Gasteiger partial charge on any atom is 0.306 e. The topological polar surface area (TPSA) is 87.0 Å². The summed E-state index contributed by atoms with van der Waals surface area (Å²) in [5, 5.41) is 11.3. The van der Waals surface area contributed by atoms with Crippen LogP contribution in [0, 0.1) is 6.92 Å². The summed E-state index contributed by atoms with van der Waals surface area (Å²) in [5.74, 6) is 0.0662. The zero-order valence-corrected chi connectivity index (χ0v) is 14.1. The Balaban J connectivity index is 1.75. The number of ketones is 1. The largest absolute Gasteiger partial charge is 0.457 e. The molecule has 0 fully saturated rings. The number of esters is 1. The minimum absolute atomic E-state index is 0.0296. The van der Waals surface area contributed by atoms with Crippen molar-refractivity contribution in [3.05, 3.63) is 27.7 Å². The molecule has 0 N–H and O–H groups in total. The quantitative estimate of drug-likeness (QED) is 0.516. The number of ether oxygens (including phenoxy) is 1. The molecule has 0 amide bonds. The number of unbranched alkanes of at least 4 members (excludes halogenated alkanes) is 1. The van der Waals surface area contributed by atoms with Crippen molar-refractivity contribution in [3.63, 3.8) is 0 Å². The highest BCUT2D eigenvalue weighted by Crippen LogP contribution is 2.17. The molecule has 8 heteroatoms. The lowest BCUT2D eigenvalue weighted by atomic mass is 10.2. The molecule has 124 valence electrons. The molecule has 0 aliphatic rings. The van der Waals surface area contributed by atoms with Crippen molar-refractivity contribution in [1.82, 2.24) is 20.2 Å². The summed E-state index contributed by atoms with van der Waals surface area (Å²) >= 11 is 1.44. The maximum absolute atomic E-state index is 11.9. The van der Waals surface area contributed by atoms with Gasteiger partial charge in [-0.2, -0.15) is 0 Å². The predicted molar refractivity (Wildman–Crippen MR) is 85.1 cm³/mol. The van der Waals surface area contributed by atoms with E-state index in [-0.39, 0.29) is 25.2 Å². The molecule has 0 saturated heterocycles. The van der Waals surface area contributed by atoms with Crippen molar-refractivity contribution in [2.75, 3.05) is 0 Å². The highest BCUT2D eigenvalue weighted by atomic mass is 32.1. The molecule has 2 rings (SSSR count). The van der Waals surface area contributed by atoms with E-state index in [2.05, 4.69) is 22.4 Å². The monoisotopic (exact) mass is 336 g/mol. The number of hydrogen-bond donors (Lipinski definition) is 0. The number of rotatable bonds is 9. The van der Waals surface area contributed by atoms with Crippen LogP contribution in [0.1, 0.15) is 53.0 Å². The molecule has 0 atom stereocenters. The number of carbonyl (C=O) groups is 2. The Morgan fingerprint density at radius 3 is 2.83 bits per heavy atom. The first-order valence-electron chi connectivity index (χ1n) is 7.60. The fourth-order valence-corrected chi connectivity index (χ4v) is 2.78. The minimum Gasteiger partial charge on any atom is -0.457 e. The number of aryl methyl sites for hydroxylation is 2. The average molecular weight is 336 g/mol. The summed E-state index contributed by atoms with van der Waals surface area (Å²) in [7, 11) is 0. The number of tetrazole rings is 1. The summed E-state index contributed by atoms with van der Waals surface area (Å²) in [6, 6.07) is 3.68. The van der Waals surface area contributed by atoms with Gasteiger partial charge in [-0.25, -0.2) is 4.68 Å². The van der Waals surface area contributed by atoms with Crippen molar-refractivity contribution in [1.29, 1.82) is 0 Å². The summed E-state index contributed by atoms with van der Waals surface area (Å²) in [6.07, 6.45) is 2.20. The first-order valence-corrected chi connectivity index (χ1v) is 8.42. The van der Waals surface area contributed by atoms with Gasteiger partial charge in [0.05, 0.1) is 11.3 Å².